The Morgan fingerprint density at radius 2 is 2.50 bits per heavy atom. The summed E-state index contributed by atoms with van der Waals surface area (Å²) in [4.78, 5) is 13.1. The van der Waals surface area contributed by atoms with Crippen LogP contribution in [-0.4, -0.2) is 14.5 Å². The van der Waals surface area contributed by atoms with Crippen LogP contribution in [0.25, 0.3) is 0 Å². The number of nitro groups is 1. The maximum Gasteiger partial charge on any atom is 0.343 e. The first-order valence-corrected chi connectivity index (χ1v) is 2.82. The molecule has 0 amide bonds. The van der Waals surface area contributed by atoms with Gasteiger partial charge in [0, 0.05) is 0 Å². The summed E-state index contributed by atoms with van der Waals surface area (Å²) in [7, 11) is 1.48. The van der Waals surface area contributed by atoms with Gasteiger partial charge < -0.3 is 10.1 Å². The van der Waals surface area contributed by atoms with Crippen molar-refractivity contribution in [2.75, 3.05) is 0 Å². The molecule has 0 atom stereocenters. The zero-order valence-electron chi connectivity index (χ0n) is 5.11. The fraction of sp³-hybridized carbons (Fsp3) is 0.250. The van der Waals surface area contributed by atoms with Crippen LogP contribution in [0, 0.1) is 10.1 Å². The summed E-state index contributed by atoms with van der Waals surface area (Å²) in [6.45, 7) is 0. The van der Waals surface area contributed by atoms with Crippen LogP contribution in [0.4, 0.5) is 5.82 Å². The molecule has 0 aliphatic heterocycles. The molecule has 10 heavy (non-hydrogen) atoms. The largest absolute Gasteiger partial charge is 0.358 e. The number of aromatic nitrogens is 2. The summed E-state index contributed by atoms with van der Waals surface area (Å²) < 4.78 is 1.20. The summed E-state index contributed by atoms with van der Waals surface area (Å²) in [5, 5.41) is 10.2. The van der Waals surface area contributed by atoms with Crippen molar-refractivity contribution < 1.29 is 4.92 Å². The van der Waals surface area contributed by atoms with E-state index in [2.05, 4.69) is 4.98 Å². The molecule has 0 unspecified atom stereocenters. The van der Waals surface area contributed by atoms with Crippen LogP contribution in [0.3, 0.4) is 0 Å². The Labute approximate surface area is 61.4 Å². The summed E-state index contributed by atoms with van der Waals surface area (Å²) in [5.41, 5.74) is 0. The van der Waals surface area contributed by atoms with Crippen molar-refractivity contribution in [1.29, 1.82) is 0 Å². The van der Waals surface area contributed by atoms with Gasteiger partial charge in [-0.05, 0) is 16.5 Å². The highest BCUT2D eigenvalue weighted by Crippen LogP contribution is 2.14. The number of hydrogen-bond acceptors (Lipinski definition) is 3. The van der Waals surface area contributed by atoms with Crippen molar-refractivity contribution in [3.8, 4) is 0 Å². The van der Waals surface area contributed by atoms with Crippen molar-refractivity contribution >= 4 is 17.4 Å². The zero-order chi connectivity index (χ0) is 7.72. The van der Waals surface area contributed by atoms with E-state index in [-0.39, 0.29) is 11.1 Å². The van der Waals surface area contributed by atoms with Crippen molar-refractivity contribution in [2.45, 2.75) is 0 Å². The molecule has 0 N–H and O–H groups in total. The van der Waals surface area contributed by atoms with Gasteiger partial charge in [0.25, 0.3) is 5.28 Å². The van der Waals surface area contributed by atoms with Gasteiger partial charge in [-0.1, -0.05) is 0 Å². The van der Waals surface area contributed by atoms with Crippen molar-refractivity contribution in [2.24, 2.45) is 7.05 Å². The Kier molecular flexibility index (Phi) is 1.58. The number of nitrogens with zero attached hydrogens (tertiary/aromatic N) is 3. The van der Waals surface area contributed by atoms with Crippen LogP contribution in [0.1, 0.15) is 0 Å². The van der Waals surface area contributed by atoms with E-state index in [1.807, 2.05) is 0 Å². The zero-order valence-corrected chi connectivity index (χ0v) is 5.87. The predicted octanol–water partition coefficient (Wildman–Crippen LogP) is 0.982. The third-order valence-electron chi connectivity index (χ3n) is 1.09. The molecule has 0 fully saturated rings. The lowest BCUT2D eigenvalue weighted by Crippen LogP contribution is -1.96. The molecule has 1 heterocycles. The number of halogens is 1. The molecule has 6 heteroatoms. The molecule has 0 spiro atoms. The first-order valence-electron chi connectivity index (χ1n) is 2.44. The number of hydrogen-bond donors (Lipinski definition) is 0. The minimum Gasteiger partial charge on any atom is -0.358 e. The lowest BCUT2D eigenvalue weighted by Gasteiger charge is -1.91. The minimum absolute atomic E-state index is 0.106. The molecule has 0 saturated heterocycles. The van der Waals surface area contributed by atoms with Gasteiger partial charge in [-0.3, -0.25) is 0 Å². The lowest BCUT2D eigenvalue weighted by atomic mass is 10.8. The predicted molar refractivity (Wildman–Crippen MR) is 34.9 cm³/mol. The minimum atomic E-state index is -0.543. The highest BCUT2D eigenvalue weighted by Gasteiger charge is 2.13. The van der Waals surface area contributed by atoms with Crippen molar-refractivity contribution in [1.82, 2.24) is 9.55 Å². The summed E-state index contributed by atoms with van der Waals surface area (Å²) in [5.74, 6) is -0.106. The van der Waals surface area contributed by atoms with Crippen molar-refractivity contribution in [3.05, 3.63) is 21.6 Å². The first kappa shape index (κ1) is 7.01. The molecule has 5 nitrogen and oxygen atoms in total. The van der Waals surface area contributed by atoms with Gasteiger partial charge >= 0.3 is 5.82 Å². The van der Waals surface area contributed by atoms with Crippen molar-refractivity contribution in [3.63, 3.8) is 0 Å². The average Bonchev–Trinajstić information content (AvgIpc) is 2.14. The number of rotatable bonds is 1. The van der Waals surface area contributed by atoms with Gasteiger partial charge in [-0.15, -0.1) is 0 Å². The van der Waals surface area contributed by atoms with Gasteiger partial charge in [0.2, 0.25) is 0 Å². The summed E-state index contributed by atoms with van der Waals surface area (Å²) >= 11 is 5.42. The second kappa shape index (κ2) is 2.26. The van der Waals surface area contributed by atoms with E-state index < -0.39 is 4.92 Å². The normalized spacial score (nSPS) is 9.80. The van der Waals surface area contributed by atoms with Gasteiger partial charge in [-0.2, -0.15) is 9.55 Å². The van der Waals surface area contributed by atoms with Crippen LogP contribution in [-0.2, 0) is 7.05 Å². The quantitative estimate of drug-likeness (QED) is 0.456. The average molecular weight is 162 g/mol. The highest BCUT2D eigenvalue weighted by molar-refractivity contribution is 6.28. The smallest absolute Gasteiger partial charge is 0.343 e. The van der Waals surface area contributed by atoms with Crippen LogP contribution in [0.15, 0.2) is 6.20 Å². The molecule has 0 radical (unpaired) electrons. The van der Waals surface area contributed by atoms with E-state index in [1.54, 1.807) is 0 Å². The molecule has 1 aromatic rings. The lowest BCUT2D eigenvalue weighted by molar-refractivity contribution is -0.391. The highest BCUT2D eigenvalue weighted by atomic mass is 35.5. The Balaban J connectivity index is 3.17. The standard InChI is InChI=1S/C4H4ClN3O2/c1-7-3(8(9)10)2-6-4(7)5/h2H,1H3. The molecule has 54 valence electrons. The Morgan fingerprint density at radius 3 is 2.70 bits per heavy atom. The fourth-order valence-electron chi connectivity index (χ4n) is 0.548. The molecular formula is C4H4ClN3O2. The van der Waals surface area contributed by atoms with E-state index in [1.165, 1.54) is 11.6 Å². The third-order valence-corrected chi connectivity index (χ3v) is 1.45. The molecule has 1 rings (SSSR count). The van der Waals surface area contributed by atoms with E-state index >= 15 is 0 Å². The monoisotopic (exact) mass is 161 g/mol. The maximum atomic E-state index is 10.1. The van der Waals surface area contributed by atoms with Crippen LogP contribution in [0.5, 0.6) is 0 Å². The first-order chi connectivity index (χ1) is 4.63. The van der Waals surface area contributed by atoms with Crippen LogP contribution < -0.4 is 0 Å². The van der Waals surface area contributed by atoms with E-state index in [9.17, 15) is 10.1 Å². The fourth-order valence-corrected chi connectivity index (χ4v) is 0.684. The van der Waals surface area contributed by atoms with Gasteiger partial charge in [-0.25, -0.2) is 0 Å². The SMILES string of the molecule is Cn1c([N+](=O)[O-])cnc1Cl. The Bertz CT molecular complexity index is 269. The Morgan fingerprint density at radius 1 is 1.90 bits per heavy atom. The molecular weight excluding hydrogens is 158 g/mol. The molecule has 0 aromatic carbocycles. The van der Waals surface area contributed by atoms with Gasteiger partial charge in [0.1, 0.15) is 6.20 Å². The van der Waals surface area contributed by atoms with Crippen LogP contribution >= 0.6 is 11.6 Å². The van der Waals surface area contributed by atoms with Crippen LogP contribution in [0.2, 0.25) is 5.28 Å². The molecule has 0 aliphatic carbocycles. The third kappa shape index (κ3) is 0.950. The van der Waals surface area contributed by atoms with E-state index in [4.69, 9.17) is 11.6 Å². The van der Waals surface area contributed by atoms with E-state index in [0.29, 0.717) is 0 Å². The van der Waals surface area contributed by atoms with E-state index in [0.717, 1.165) is 6.20 Å². The molecule has 0 saturated carbocycles. The van der Waals surface area contributed by atoms with Gasteiger partial charge in [0.15, 0.2) is 0 Å². The number of imidazole rings is 1. The maximum absolute atomic E-state index is 10.1. The second-order valence-corrected chi connectivity index (χ2v) is 2.04. The summed E-state index contributed by atoms with van der Waals surface area (Å²) in [6.07, 6.45) is 1.11. The topological polar surface area (TPSA) is 61.0 Å². The molecule has 1 aromatic heterocycles. The second-order valence-electron chi connectivity index (χ2n) is 1.70. The molecule has 0 bridgehead atoms. The van der Waals surface area contributed by atoms with Gasteiger partial charge in [0.05, 0.1) is 7.05 Å². The molecule has 0 aliphatic rings. The Hall–Kier alpha value is -1.10. The summed E-state index contributed by atoms with van der Waals surface area (Å²) in [6, 6.07) is 0.